The monoisotopic (exact) mass is 270 g/mol. The predicted octanol–water partition coefficient (Wildman–Crippen LogP) is 2.42. The molecule has 15 heavy (non-hydrogen) atoms. The fourth-order valence-electron chi connectivity index (χ4n) is 1.16. The fourth-order valence-corrected chi connectivity index (χ4v) is 1.80. The zero-order chi connectivity index (χ0) is 11.6. The summed E-state index contributed by atoms with van der Waals surface area (Å²) in [5, 5.41) is 0. The third-order valence-electron chi connectivity index (χ3n) is 2.20. The van der Waals surface area contributed by atoms with Crippen LogP contribution in [0.4, 0.5) is 0 Å². The molecule has 0 amide bonds. The number of hydrogen-bond donors (Lipinski definition) is 0. The maximum atomic E-state index is 11.6. The highest BCUT2D eigenvalue weighted by Crippen LogP contribution is 2.22. The third kappa shape index (κ3) is 2.45. The Morgan fingerprint density at radius 3 is 2.27 bits per heavy atom. The number of ketones is 1. The first-order valence-corrected chi connectivity index (χ1v) is 5.16. The molecule has 0 spiro atoms. The number of hydrogen-bond acceptors (Lipinski definition) is 3. The molecule has 1 aromatic carbocycles. The molecular formula is C11H11BrO3. The van der Waals surface area contributed by atoms with E-state index < -0.39 is 11.8 Å². The minimum absolute atomic E-state index is 0.338. The average molecular weight is 271 g/mol. The summed E-state index contributed by atoms with van der Waals surface area (Å²) in [6.45, 7) is 3.82. The Balaban J connectivity index is 3.21. The van der Waals surface area contributed by atoms with Gasteiger partial charge in [0.2, 0.25) is 0 Å². The molecule has 0 aliphatic rings. The molecule has 4 heteroatoms. The summed E-state index contributed by atoms with van der Waals surface area (Å²) in [5.74, 6) is -1.48. The van der Waals surface area contributed by atoms with Gasteiger partial charge in [0, 0.05) is 10.0 Å². The molecule has 0 saturated heterocycles. The van der Waals surface area contributed by atoms with Crippen molar-refractivity contribution in [3.63, 3.8) is 0 Å². The van der Waals surface area contributed by atoms with Gasteiger partial charge in [-0.2, -0.15) is 0 Å². The van der Waals surface area contributed by atoms with E-state index in [4.69, 9.17) is 0 Å². The first-order valence-electron chi connectivity index (χ1n) is 4.36. The van der Waals surface area contributed by atoms with Crippen molar-refractivity contribution in [2.24, 2.45) is 0 Å². The molecular weight excluding hydrogens is 260 g/mol. The molecule has 0 aliphatic heterocycles. The minimum atomic E-state index is -0.848. The lowest BCUT2D eigenvalue weighted by Crippen LogP contribution is -2.16. The number of methoxy groups -OCH3 is 1. The van der Waals surface area contributed by atoms with E-state index in [0.717, 1.165) is 11.1 Å². The van der Waals surface area contributed by atoms with Gasteiger partial charge in [0.05, 0.1) is 7.11 Å². The Bertz CT molecular complexity index is 424. The second kappa shape index (κ2) is 4.57. The second-order valence-corrected chi connectivity index (χ2v) is 4.09. The number of ether oxygens (including phenoxy) is 1. The van der Waals surface area contributed by atoms with Crippen molar-refractivity contribution in [3.8, 4) is 0 Å². The summed E-state index contributed by atoms with van der Waals surface area (Å²) < 4.78 is 4.99. The van der Waals surface area contributed by atoms with Gasteiger partial charge in [-0.25, -0.2) is 4.79 Å². The number of halogens is 1. The number of benzene rings is 1. The summed E-state index contributed by atoms with van der Waals surface area (Å²) >= 11 is 3.25. The number of aryl methyl sites for hydroxylation is 2. The second-order valence-electron chi connectivity index (χ2n) is 3.24. The molecule has 1 aromatic rings. The van der Waals surface area contributed by atoms with Crippen LogP contribution in [0.25, 0.3) is 0 Å². The van der Waals surface area contributed by atoms with Crippen molar-refractivity contribution < 1.29 is 14.3 Å². The number of Topliss-reactive ketones (excluding diaryl/α,β-unsaturated/α-hetero) is 1. The summed E-state index contributed by atoms with van der Waals surface area (Å²) in [6, 6.07) is 3.49. The summed E-state index contributed by atoms with van der Waals surface area (Å²) in [4.78, 5) is 22.6. The van der Waals surface area contributed by atoms with Crippen molar-refractivity contribution >= 4 is 27.7 Å². The number of rotatable bonds is 2. The van der Waals surface area contributed by atoms with Crippen LogP contribution >= 0.6 is 15.9 Å². The van der Waals surface area contributed by atoms with Crippen molar-refractivity contribution in [3.05, 3.63) is 33.3 Å². The van der Waals surface area contributed by atoms with Crippen LogP contribution in [-0.4, -0.2) is 18.9 Å². The molecule has 3 nitrogen and oxygen atoms in total. The molecule has 0 fully saturated rings. The lowest BCUT2D eigenvalue weighted by Gasteiger charge is -2.06. The lowest BCUT2D eigenvalue weighted by molar-refractivity contribution is -0.135. The number of carbonyl (C=O) groups is 2. The highest BCUT2D eigenvalue weighted by molar-refractivity contribution is 9.10. The smallest absolute Gasteiger partial charge is 0.379 e. The maximum Gasteiger partial charge on any atom is 0.379 e. The van der Waals surface area contributed by atoms with E-state index in [1.165, 1.54) is 7.11 Å². The third-order valence-corrected chi connectivity index (χ3v) is 2.85. The molecule has 0 bridgehead atoms. The van der Waals surface area contributed by atoms with Gasteiger partial charge in [-0.05, 0) is 37.1 Å². The van der Waals surface area contributed by atoms with Gasteiger partial charge in [-0.15, -0.1) is 0 Å². The topological polar surface area (TPSA) is 43.4 Å². The van der Waals surface area contributed by atoms with Gasteiger partial charge >= 0.3 is 5.97 Å². The Labute approximate surface area is 96.6 Å². The SMILES string of the molecule is COC(=O)C(=O)c1cc(C)c(C)cc1Br. The van der Waals surface area contributed by atoms with Crippen molar-refractivity contribution in [1.82, 2.24) is 0 Å². The molecule has 0 radical (unpaired) electrons. The Kier molecular flexibility index (Phi) is 3.63. The van der Waals surface area contributed by atoms with E-state index in [0.29, 0.717) is 10.0 Å². The van der Waals surface area contributed by atoms with Crippen LogP contribution in [0.15, 0.2) is 16.6 Å². The maximum absolute atomic E-state index is 11.6. The van der Waals surface area contributed by atoms with Gasteiger partial charge in [-0.3, -0.25) is 4.79 Å². The summed E-state index contributed by atoms with van der Waals surface area (Å²) in [6.07, 6.45) is 0. The van der Waals surface area contributed by atoms with E-state index in [9.17, 15) is 9.59 Å². The quantitative estimate of drug-likeness (QED) is 0.471. The predicted molar refractivity (Wildman–Crippen MR) is 60.0 cm³/mol. The molecule has 0 aromatic heterocycles. The number of esters is 1. The summed E-state index contributed by atoms with van der Waals surface area (Å²) in [5.41, 5.74) is 2.36. The molecule has 0 heterocycles. The highest BCUT2D eigenvalue weighted by Gasteiger charge is 2.19. The Hall–Kier alpha value is -1.16. The lowest BCUT2D eigenvalue weighted by atomic mass is 10.0. The molecule has 80 valence electrons. The van der Waals surface area contributed by atoms with E-state index in [2.05, 4.69) is 20.7 Å². The Morgan fingerprint density at radius 2 is 1.73 bits per heavy atom. The van der Waals surface area contributed by atoms with E-state index in [1.54, 1.807) is 6.07 Å². The highest BCUT2D eigenvalue weighted by atomic mass is 79.9. The molecule has 0 N–H and O–H groups in total. The van der Waals surface area contributed by atoms with Crippen LogP contribution in [0.5, 0.6) is 0 Å². The largest absolute Gasteiger partial charge is 0.463 e. The van der Waals surface area contributed by atoms with E-state index in [-0.39, 0.29) is 0 Å². The van der Waals surface area contributed by atoms with Crippen molar-refractivity contribution in [2.45, 2.75) is 13.8 Å². The number of carbonyl (C=O) groups excluding carboxylic acids is 2. The normalized spacial score (nSPS) is 9.87. The first kappa shape index (κ1) is 11.9. The zero-order valence-electron chi connectivity index (χ0n) is 8.76. The first-order chi connectivity index (χ1) is 6.97. The van der Waals surface area contributed by atoms with Crippen LogP contribution in [0.2, 0.25) is 0 Å². The van der Waals surface area contributed by atoms with Gasteiger partial charge in [0.1, 0.15) is 0 Å². The van der Waals surface area contributed by atoms with Crippen LogP contribution in [0, 0.1) is 13.8 Å². The molecule has 0 unspecified atom stereocenters. The van der Waals surface area contributed by atoms with Gasteiger partial charge < -0.3 is 4.74 Å². The van der Waals surface area contributed by atoms with Crippen LogP contribution in [0.1, 0.15) is 21.5 Å². The van der Waals surface area contributed by atoms with Crippen molar-refractivity contribution in [2.75, 3.05) is 7.11 Å². The van der Waals surface area contributed by atoms with Crippen LogP contribution < -0.4 is 0 Å². The summed E-state index contributed by atoms with van der Waals surface area (Å²) in [7, 11) is 1.19. The fraction of sp³-hybridized carbons (Fsp3) is 0.273. The van der Waals surface area contributed by atoms with Gasteiger partial charge in [0.25, 0.3) is 5.78 Å². The standard InChI is InChI=1S/C11H11BrO3/c1-6-4-8(9(12)5-7(6)2)10(13)11(14)15-3/h4-5H,1-3H3. The van der Waals surface area contributed by atoms with Crippen LogP contribution in [0.3, 0.4) is 0 Å². The molecule has 0 saturated carbocycles. The molecule has 0 atom stereocenters. The zero-order valence-corrected chi connectivity index (χ0v) is 10.3. The average Bonchev–Trinajstić information content (AvgIpc) is 2.21. The minimum Gasteiger partial charge on any atom is -0.463 e. The molecule has 1 rings (SSSR count). The molecule has 0 aliphatic carbocycles. The van der Waals surface area contributed by atoms with E-state index >= 15 is 0 Å². The van der Waals surface area contributed by atoms with Crippen molar-refractivity contribution in [1.29, 1.82) is 0 Å². The Morgan fingerprint density at radius 1 is 1.20 bits per heavy atom. The van der Waals surface area contributed by atoms with Gasteiger partial charge in [-0.1, -0.05) is 15.9 Å². The van der Waals surface area contributed by atoms with Gasteiger partial charge in [0.15, 0.2) is 0 Å². The van der Waals surface area contributed by atoms with E-state index in [1.807, 2.05) is 19.9 Å². The van der Waals surface area contributed by atoms with Crippen LogP contribution in [-0.2, 0) is 9.53 Å².